The van der Waals surface area contributed by atoms with Crippen LogP contribution in [0.4, 0.5) is 0 Å². The van der Waals surface area contributed by atoms with Crippen LogP contribution in [0.3, 0.4) is 0 Å². The van der Waals surface area contributed by atoms with Crippen LogP contribution in [-0.4, -0.2) is 0 Å². The molecule has 0 aliphatic carbocycles. The van der Waals surface area contributed by atoms with Crippen LogP contribution >= 0.6 is 0 Å². The number of rotatable bonds is 0. The van der Waals surface area contributed by atoms with Gasteiger partial charge in [-0.25, -0.2) is 0 Å². The third-order valence-corrected chi connectivity index (χ3v) is 5.89. The van der Waals surface area contributed by atoms with Crippen molar-refractivity contribution < 1.29 is 0 Å². The topological polar surface area (TPSA) is 0 Å². The van der Waals surface area contributed by atoms with E-state index in [2.05, 4.69) is 72.8 Å². The smallest absolute Gasteiger partial charge is 0.000717 e. The first-order chi connectivity index (χ1) is 11.9. The van der Waals surface area contributed by atoms with E-state index in [-0.39, 0.29) is 0 Å². The molecule has 0 heteroatoms. The molecular formula is C24H12. The van der Waals surface area contributed by atoms with E-state index in [1.165, 1.54) is 64.6 Å². The fourth-order valence-corrected chi connectivity index (χ4v) is 4.86. The van der Waals surface area contributed by atoms with Crippen molar-refractivity contribution in [3.05, 3.63) is 72.8 Å². The molecule has 0 saturated carbocycles. The molecule has 0 nitrogen and oxygen atoms in total. The second-order valence-corrected chi connectivity index (χ2v) is 6.92. The zero-order valence-electron chi connectivity index (χ0n) is 12.9. The molecule has 0 amide bonds. The zero-order chi connectivity index (χ0) is 15.4. The van der Waals surface area contributed by atoms with Gasteiger partial charge < -0.3 is 0 Å². The highest BCUT2D eigenvalue weighted by atomic mass is 14.3. The van der Waals surface area contributed by atoms with Crippen molar-refractivity contribution in [3.8, 4) is 0 Å². The molecule has 0 spiro atoms. The lowest BCUT2D eigenvalue weighted by Crippen LogP contribution is -1.80. The average molecular weight is 300 g/mol. The average Bonchev–Trinajstić information content (AvgIpc) is 2.79. The molecule has 0 aliphatic heterocycles. The van der Waals surface area contributed by atoms with E-state index in [1.54, 1.807) is 0 Å². The molecule has 0 heterocycles. The van der Waals surface area contributed by atoms with Gasteiger partial charge in [-0.2, -0.15) is 0 Å². The van der Waals surface area contributed by atoms with Crippen LogP contribution in [0.1, 0.15) is 0 Å². The van der Waals surface area contributed by atoms with Crippen LogP contribution in [0.25, 0.3) is 64.6 Å². The Morgan fingerprint density at radius 1 is 0.292 bits per heavy atom. The molecule has 0 atom stereocenters. The van der Waals surface area contributed by atoms with Crippen molar-refractivity contribution in [3.63, 3.8) is 0 Å². The molecule has 7 rings (SSSR count). The van der Waals surface area contributed by atoms with Gasteiger partial charge in [0.2, 0.25) is 0 Å². The van der Waals surface area contributed by atoms with Crippen molar-refractivity contribution in [2.24, 2.45) is 0 Å². The summed E-state index contributed by atoms with van der Waals surface area (Å²) >= 11 is 0. The SMILES string of the molecule is c1ccc2c(cc1)c1c2cc2c3cc4c5cccccc5c4c3c21. The first-order valence-electron chi connectivity index (χ1n) is 8.48. The molecular weight excluding hydrogens is 288 g/mol. The minimum absolute atomic E-state index is 1.40. The van der Waals surface area contributed by atoms with Gasteiger partial charge in [0, 0.05) is 0 Å². The molecule has 0 bridgehead atoms. The summed E-state index contributed by atoms with van der Waals surface area (Å²) in [6.45, 7) is 0. The molecule has 0 saturated heterocycles. The van der Waals surface area contributed by atoms with Crippen molar-refractivity contribution in [1.82, 2.24) is 0 Å². The predicted molar refractivity (Wildman–Crippen MR) is 105 cm³/mol. The Balaban J connectivity index is 1.74. The molecule has 0 fully saturated rings. The van der Waals surface area contributed by atoms with E-state index in [9.17, 15) is 0 Å². The quantitative estimate of drug-likeness (QED) is 0.285. The Labute approximate surface area is 137 Å². The Morgan fingerprint density at radius 2 is 0.667 bits per heavy atom. The lowest BCUT2D eigenvalue weighted by Gasteiger charge is -2.10. The summed E-state index contributed by atoms with van der Waals surface area (Å²) in [5, 5.41) is 17.4. The first kappa shape index (κ1) is 11.4. The van der Waals surface area contributed by atoms with Gasteiger partial charge in [0.1, 0.15) is 0 Å². The molecule has 108 valence electrons. The van der Waals surface area contributed by atoms with Gasteiger partial charge in [0.25, 0.3) is 0 Å². The predicted octanol–water partition coefficient (Wildman–Crippen LogP) is 6.92. The fourth-order valence-electron chi connectivity index (χ4n) is 4.86. The van der Waals surface area contributed by atoms with Gasteiger partial charge in [0.15, 0.2) is 0 Å². The molecule has 7 aromatic rings. The largest absolute Gasteiger partial charge is 0.0622 e. The summed E-state index contributed by atoms with van der Waals surface area (Å²) in [6.07, 6.45) is 0. The Bertz CT molecular complexity index is 1420. The van der Waals surface area contributed by atoms with E-state index in [0.717, 1.165) is 0 Å². The second kappa shape index (κ2) is 3.52. The number of hydrogen-bond acceptors (Lipinski definition) is 0. The van der Waals surface area contributed by atoms with Gasteiger partial charge in [-0.3, -0.25) is 0 Å². The van der Waals surface area contributed by atoms with Gasteiger partial charge in [0.05, 0.1) is 0 Å². The summed E-state index contributed by atoms with van der Waals surface area (Å²) in [6, 6.07) is 26.6. The van der Waals surface area contributed by atoms with Gasteiger partial charge >= 0.3 is 0 Å². The minimum Gasteiger partial charge on any atom is -0.0622 e. The second-order valence-electron chi connectivity index (χ2n) is 6.92. The van der Waals surface area contributed by atoms with Crippen LogP contribution < -0.4 is 0 Å². The maximum Gasteiger partial charge on any atom is -0.000717 e. The van der Waals surface area contributed by atoms with E-state index in [1.807, 2.05) is 0 Å². The van der Waals surface area contributed by atoms with E-state index < -0.39 is 0 Å². The van der Waals surface area contributed by atoms with Gasteiger partial charge in [-0.05, 0) is 76.8 Å². The third-order valence-electron chi connectivity index (χ3n) is 5.89. The zero-order valence-corrected chi connectivity index (χ0v) is 12.9. The van der Waals surface area contributed by atoms with Crippen molar-refractivity contribution in [2.45, 2.75) is 0 Å². The van der Waals surface area contributed by atoms with E-state index in [0.29, 0.717) is 0 Å². The maximum absolute atomic E-state index is 2.40. The lowest BCUT2D eigenvalue weighted by molar-refractivity contribution is 1.89. The van der Waals surface area contributed by atoms with Gasteiger partial charge in [-0.1, -0.05) is 60.7 Å². The third kappa shape index (κ3) is 1.02. The summed E-state index contributed by atoms with van der Waals surface area (Å²) in [7, 11) is 0. The van der Waals surface area contributed by atoms with Crippen LogP contribution in [-0.2, 0) is 0 Å². The Morgan fingerprint density at radius 3 is 1.12 bits per heavy atom. The first-order valence-corrected chi connectivity index (χ1v) is 8.48. The van der Waals surface area contributed by atoms with Gasteiger partial charge in [-0.15, -0.1) is 0 Å². The molecule has 0 aliphatic rings. The molecule has 0 aromatic heterocycles. The molecule has 0 N–H and O–H groups in total. The summed E-state index contributed by atoms with van der Waals surface area (Å²) in [4.78, 5) is 0. The highest BCUT2D eigenvalue weighted by Crippen LogP contribution is 2.55. The minimum atomic E-state index is 1.40. The monoisotopic (exact) mass is 300 g/mol. The lowest BCUT2D eigenvalue weighted by atomic mass is 9.92. The number of fused-ring (bicyclic) bond motifs is 14. The van der Waals surface area contributed by atoms with Crippen molar-refractivity contribution in [1.29, 1.82) is 0 Å². The molecule has 0 unspecified atom stereocenters. The maximum atomic E-state index is 2.40. The fraction of sp³-hybridized carbons (Fsp3) is 0. The Hall–Kier alpha value is -3.12. The normalized spacial score (nSPS) is 13.0. The van der Waals surface area contributed by atoms with Crippen LogP contribution in [0.15, 0.2) is 72.8 Å². The molecule has 7 aromatic carbocycles. The summed E-state index contributed by atoms with van der Waals surface area (Å²) in [5.41, 5.74) is 0. The Kier molecular flexibility index (Phi) is 1.67. The number of hydrogen-bond donors (Lipinski definition) is 0. The van der Waals surface area contributed by atoms with Crippen molar-refractivity contribution in [2.75, 3.05) is 0 Å². The van der Waals surface area contributed by atoms with Crippen LogP contribution in [0.5, 0.6) is 0 Å². The molecule has 24 heavy (non-hydrogen) atoms. The van der Waals surface area contributed by atoms with Crippen LogP contribution in [0, 0.1) is 0 Å². The van der Waals surface area contributed by atoms with E-state index >= 15 is 0 Å². The summed E-state index contributed by atoms with van der Waals surface area (Å²) < 4.78 is 0. The highest BCUT2D eigenvalue weighted by molar-refractivity contribution is 6.53. The van der Waals surface area contributed by atoms with E-state index in [4.69, 9.17) is 0 Å². The van der Waals surface area contributed by atoms with Crippen molar-refractivity contribution >= 4 is 64.6 Å². The standard InChI is InChI=1S/C24H12/c1-3-7-13-15(9-5-1)21-17(13)11-19-20-12-18-14-8-4-2-6-10-16(14)22(18)24(20)23(19)21/h1-12H. The highest BCUT2D eigenvalue weighted by Gasteiger charge is 2.26. The molecule has 0 radical (unpaired) electrons. The van der Waals surface area contributed by atoms with Crippen LogP contribution in [0.2, 0.25) is 0 Å². The summed E-state index contributed by atoms with van der Waals surface area (Å²) in [5.74, 6) is 0.